The molecule has 1 unspecified atom stereocenters. The van der Waals surface area contributed by atoms with Gasteiger partial charge in [-0.25, -0.2) is 5.48 Å². The maximum Gasteiger partial charge on any atom is 0.276 e. The number of carbonyl (C=O) groups is 1. The summed E-state index contributed by atoms with van der Waals surface area (Å²) >= 11 is 11.7. The van der Waals surface area contributed by atoms with Crippen LogP contribution in [0.4, 0.5) is 0 Å². The van der Waals surface area contributed by atoms with Crippen LogP contribution in [0.1, 0.15) is 17.2 Å². The molecule has 0 saturated heterocycles. The molecule has 2 aromatic carbocycles. The second-order valence-corrected chi connectivity index (χ2v) is 6.12. The number of aliphatic hydroxyl groups is 1. The highest BCUT2D eigenvalue weighted by atomic mass is 35.5. The quantitative estimate of drug-likeness (QED) is 0.516. The lowest BCUT2D eigenvalue weighted by atomic mass is 10.1. The zero-order chi connectivity index (χ0) is 19.8. The highest BCUT2D eigenvalue weighted by Crippen LogP contribution is 2.28. The Morgan fingerprint density at radius 2 is 2.00 bits per heavy atom. The number of benzene rings is 2. The van der Waals surface area contributed by atoms with Gasteiger partial charge >= 0.3 is 0 Å². The highest BCUT2D eigenvalue weighted by molar-refractivity contribution is 6.42. The Balaban J connectivity index is 1.92. The molecular weight excluding hydrogens is 393 g/mol. The minimum absolute atomic E-state index is 0.0472. The smallest absolute Gasteiger partial charge is 0.276 e. The standard InChI is InChI=1S/C19H17Cl2NO5/c1-3-8-26-16-7-4-12(9-17(16)25-2)11-27-22-19(24)18(23)13-5-6-14(20)15(21)10-13/h1,4-7,9-10,18,23H,8,11H2,2H3,(H,22,24). The molecule has 0 aliphatic heterocycles. The van der Waals surface area contributed by atoms with E-state index in [0.717, 1.165) is 0 Å². The van der Waals surface area contributed by atoms with Crippen LogP contribution in [0.2, 0.25) is 10.0 Å². The van der Waals surface area contributed by atoms with Gasteiger partial charge in [-0.3, -0.25) is 9.63 Å². The number of carbonyl (C=O) groups excluding carboxylic acids is 1. The molecule has 27 heavy (non-hydrogen) atoms. The van der Waals surface area contributed by atoms with Gasteiger partial charge in [0, 0.05) is 0 Å². The fraction of sp³-hybridized carbons (Fsp3) is 0.211. The maximum absolute atomic E-state index is 12.0. The maximum atomic E-state index is 12.0. The van der Waals surface area contributed by atoms with E-state index in [0.29, 0.717) is 27.6 Å². The van der Waals surface area contributed by atoms with E-state index in [4.69, 9.17) is 43.9 Å². The van der Waals surface area contributed by atoms with E-state index in [1.807, 2.05) is 0 Å². The number of hydrogen-bond donors (Lipinski definition) is 2. The molecule has 6 nitrogen and oxygen atoms in total. The van der Waals surface area contributed by atoms with E-state index < -0.39 is 12.0 Å². The number of terminal acetylenes is 1. The average molecular weight is 410 g/mol. The van der Waals surface area contributed by atoms with Crippen molar-refractivity contribution >= 4 is 29.1 Å². The first-order chi connectivity index (χ1) is 13.0. The summed E-state index contributed by atoms with van der Waals surface area (Å²) in [5, 5.41) is 10.6. The van der Waals surface area contributed by atoms with Gasteiger partial charge in [-0.15, -0.1) is 6.42 Å². The van der Waals surface area contributed by atoms with Crippen LogP contribution >= 0.6 is 23.2 Å². The monoisotopic (exact) mass is 409 g/mol. The Morgan fingerprint density at radius 1 is 1.22 bits per heavy atom. The number of aliphatic hydroxyl groups excluding tert-OH is 1. The summed E-state index contributed by atoms with van der Waals surface area (Å²) in [6.45, 7) is 0.167. The van der Waals surface area contributed by atoms with Crippen molar-refractivity contribution in [2.24, 2.45) is 0 Å². The van der Waals surface area contributed by atoms with Gasteiger partial charge in [0.05, 0.1) is 23.8 Å². The van der Waals surface area contributed by atoms with E-state index >= 15 is 0 Å². The largest absolute Gasteiger partial charge is 0.493 e. The third kappa shape index (κ3) is 5.78. The number of hydrogen-bond acceptors (Lipinski definition) is 5. The summed E-state index contributed by atoms with van der Waals surface area (Å²) in [5.41, 5.74) is 3.19. The first kappa shape index (κ1) is 20.9. The number of methoxy groups -OCH3 is 1. The van der Waals surface area contributed by atoms with Gasteiger partial charge < -0.3 is 14.6 Å². The Labute approximate surface area is 166 Å². The molecule has 142 valence electrons. The number of hydroxylamine groups is 1. The summed E-state index contributed by atoms with van der Waals surface area (Å²) in [7, 11) is 1.50. The van der Waals surface area contributed by atoms with E-state index in [2.05, 4.69) is 11.4 Å². The van der Waals surface area contributed by atoms with Crippen molar-refractivity contribution < 1.29 is 24.2 Å². The summed E-state index contributed by atoms with van der Waals surface area (Å²) in [6, 6.07) is 9.50. The molecule has 0 aliphatic carbocycles. The molecule has 0 heterocycles. The molecule has 2 rings (SSSR count). The Kier molecular flexibility index (Phi) is 7.77. The van der Waals surface area contributed by atoms with E-state index in [1.54, 1.807) is 18.2 Å². The lowest BCUT2D eigenvalue weighted by Crippen LogP contribution is -2.29. The average Bonchev–Trinajstić information content (AvgIpc) is 2.68. The third-order valence-electron chi connectivity index (χ3n) is 3.46. The van der Waals surface area contributed by atoms with Crippen LogP contribution in [0.15, 0.2) is 36.4 Å². The lowest BCUT2D eigenvalue weighted by molar-refractivity contribution is -0.143. The van der Waals surface area contributed by atoms with E-state index in [9.17, 15) is 9.90 Å². The minimum atomic E-state index is -1.45. The summed E-state index contributed by atoms with van der Waals surface area (Å²) in [4.78, 5) is 17.2. The molecule has 0 bridgehead atoms. The highest BCUT2D eigenvalue weighted by Gasteiger charge is 2.18. The van der Waals surface area contributed by atoms with Crippen LogP contribution in [0.3, 0.4) is 0 Å². The first-order valence-corrected chi connectivity index (χ1v) is 8.49. The SMILES string of the molecule is C#CCOc1ccc(CONC(=O)C(O)c2ccc(Cl)c(Cl)c2)cc1OC. The van der Waals surface area contributed by atoms with E-state index in [-0.39, 0.29) is 18.2 Å². The molecule has 0 fully saturated rings. The van der Waals surface area contributed by atoms with Crippen molar-refractivity contribution in [2.45, 2.75) is 12.7 Å². The number of rotatable bonds is 8. The van der Waals surface area contributed by atoms with Crippen LogP contribution < -0.4 is 15.0 Å². The van der Waals surface area contributed by atoms with Gasteiger partial charge in [0.25, 0.3) is 5.91 Å². The number of amides is 1. The fourth-order valence-electron chi connectivity index (χ4n) is 2.12. The molecule has 1 atom stereocenters. The summed E-state index contributed by atoms with van der Waals surface area (Å²) in [6.07, 6.45) is 3.71. The van der Waals surface area contributed by atoms with Gasteiger partial charge in [0.1, 0.15) is 6.61 Å². The Hall–Kier alpha value is -2.43. The predicted molar refractivity (Wildman–Crippen MR) is 102 cm³/mol. The molecule has 2 N–H and O–H groups in total. The van der Waals surface area contributed by atoms with Crippen LogP contribution in [-0.4, -0.2) is 24.7 Å². The Morgan fingerprint density at radius 3 is 2.67 bits per heavy atom. The van der Waals surface area contributed by atoms with Crippen LogP contribution in [0.25, 0.3) is 0 Å². The van der Waals surface area contributed by atoms with Gasteiger partial charge in [0.2, 0.25) is 0 Å². The second kappa shape index (κ2) is 10.0. The van der Waals surface area contributed by atoms with Crippen LogP contribution in [-0.2, 0) is 16.2 Å². The number of halogens is 2. The molecule has 0 radical (unpaired) electrons. The molecule has 0 aromatic heterocycles. The van der Waals surface area contributed by atoms with Gasteiger partial charge in [0.15, 0.2) is 17.6 Å². The predicted octanol–water partition coefficient (Wildman–Crippen LogP) is 3.30. The zero-order valence-electron chi connectivity index (χ0n) is 14.4. The molecule has 0 saturated carbocycles. The summed E-state index contributed by atoms with van der Waals surface area (Å²) < 4.78 is 10.6. The second-order valence-electron chi connectivity index (χ2n) is 5.31. The van der Waals surface area contributed by atoms with Gasteiger partial charge in [-0.2, -0.15) is 0 Å². The van der Waals surface area contributed by atoms with Crippen molar-refractivity contribution in [2.75, 3.05) is 13.7 Å². The number of ether oxygens (including phenoxy) is 2. The van der Waals surface area contributed by atoms with Gasteiger partial charge in [-0.1, -0.05) is 41.3 Å². The molecule has 0 aliphatic rings. The lowest BCUT2D eigenvalue weighted by Gasteiger charge is -2.13. The molecule has 8 heteroatoms. The van der Waals surface area contributed by atoms with Crippen LogP contribution in [0.5, 0.6) is 11.5 Å². The van der Waals surface area contributed by atoms with Crippen LogP contribution in [0, 0.1) is 12.3 Å². The van der Waals surface area contributed by atoms with Crippen molar-refractivity contribution in [3.05, 3.63) is 57.6 Å². The number of nitrogens with one attached hydrogen (secondary N) is 1. The first-order valence-electron chi connectivity index (χ1n) is 7.74. The molecule has 1 amide bonds. The van der Waals surface area contributed by atoms with Crippen molar-refractivity contribution in [3.63, 3.8) is 0 Å². The van der Waals surface area contributed by atoms with Gasteiger partial charge in [-0.05, 0) is 35.4 Å². The minimum Gasteiger partial charge on any atom is -0.493 e. The van der Waals surface area contributed by atoms with Crippen molar-refractivity contribution in [1.29, 1.82) is 0 Å². The van der Waals surface area contributed by atoms with Crippen molar-refractivity contribution in [1.82, 2.24) is 5.48 Å². The van der Waals surface area contributed by atoms with Crippen molar-refractivity contribution in [3.8, 4) is 23.8 Å². The normalized spacial score (nSPS) is 11.4. The third-order valence-corrected chi connectivity index (χ3v) is 4.20. The fourth-order valence-corrected chi connectivity index (χ4v) is 2.43. The van der Waals surface area contributed by atoms with E-state index in [1.165, 1.54) is 25.3 Å². The topological polar surface area (TPSA) is 77.0 Å². The summed E-state index contributed by atoms with van der Waals surface area (Å²) in [5.74, 6) is 2.61. The molecular formula is C19H17Cl2NO5. The zero-order valence-corrected chi connectivity index (χ0v) is 15.9. The Bertz CT molecular complexity index is 850. The molecule has 0 spiro atoms. The molecule has 2 aromatic rings.